The van der Waals surface area contributed by atoms with Crippen LogP contribution in [0.5, 0.6) is 5.75 Å². The topological polar surface area (TPSA) is 97.6 Å². The van der Waals surface area contributed by atoms with Crippen molar-refractivity contribution in [2.45, 2.75) is 20.5 Å². The Balaban J connectivity index is 1.70. The van der Waals surface area contributed by atoms with Crippen LogP contribution in [0.25, 0.3) is 0 Å². The Labute approximate surface area is 189 Å². The first-order valence-corrected chi connectivity index (χ1v) is 10.2. The van der Waals surface area contributed by atoms with Gasteiger partial charge in [-0.25, -0.2) is 0 Å². The van der Waals surface area contributed by atoms with E-state index in [0.29, 0.717) is 45.3 Å². The Morgan fingerprint density at radius 3 is 2.48 bits per heavy atom. The van der Waals surface area contributed by atoms with Crippen molar-refractivity contribution in [3.8, 4) is 5.75 Å². The Hall–Kier alpha value is -3.10. The zero-order valence-corrected chi connectivity index (χ0v) is 18.4. The zero-order chi connectivity index (χ0) is 22.4. The molecular formula is C21H20Cl2N4O4. The van der Waals surface area contributed by atoms with Gasteiger partial charge in [-0.15, -0.1) is 0 Å². The molecule has 10 heteroatoms. The van der Waals surface area contributed by atoms with Crippen LogP contribution >= 0.6 is 23.2 Å². The molecule has 0 radical (unpaired) electrons. The summed E-state index contributed by atoms with van der Waals surface area (Å²) < 4.78 is 10.6. The molecule has 0 aliphatic carbocycles. The molecule has 31 heavy (non-hydrogen) atoms. The van der Waals surface area contributed by atoms with Crippen molar-refractivity contribution < 1.29 is 18.8 Å². The quantitative estimate of drug-likeness (QED) is 0.533. The van der Waals surface area contributed by atoms with Crippen molar-refractivity contribution in [2.24, 2.45) is 0 Å². The molecule has 0 aliphatic rings. The third-order valence-electron chi connectivity index (χ3n) is 4.27. The van der Waals surface area contributed by atoms with E-state index in [1.165, 1.54) is 4.90 Å². The van der Waals surface area contributed by atoms with Crippen molar-refractivity contribution in [3.05, 3.63) is 69.8 Å². The number of nitrogens with one attached hydrogen (secondary N) is 1. The first-order chi connectivity index (χ1) is 14.9. The van der Waals surface area contributed by atoms with Crippen molar-refractivity contribution >= 4 is 40.7 Å². The molecule has 2 amide bonds. The van der Waals surface area contributed by atoms with Crippen molar-refractivity contribution in [3.63, 3.8) is 0 Å². The SMILES string of the molecule is CCN(CC(=O)Nc1c(Cl)cccc1Cl)C(=O)c1ccccc1OCc1noc(C)n1. The number of likely N-dealkylation sites (N-methyl/N-ethyl adjacent to an activating group) is 1. The molecule has 0 saturated carbocycles. The molecule has 1 aromatic heterocycles. The fraction of sp³-hybridized carbons (Fsp3) is 0.238. The maximum atomic E-state index is 13.1. The molecule has 0 aliphatic heterocycles. The summed E-state index contributed by atoms with van der Waals surface area (Å²) in [5.41, 5.74) is 0.617. The standard InChI is InChI=1S/C21H20Cl2N4O4/c1-3-27(11-19(28)25-20-15(22)8-6-9-16(20)23)21(29)14-7-4-5-10-17(14)30-12-18-24-13(2)31-26-18/h4-10H,3,11-12H2,1-2H3,(H,25,28). The molecule has 0 bridgehead atoms. The van der Waals surface area contributed by atoms with E-state index in [-0.39, 0.29) is 19.1 Å². The molecule has 0 unspecified atom stereocenters. The average molecular weight is 463 g/mol. The van der Waals surface area contributed by atoms with Crippen molar-refractivity contribution in [1.82, 2.24) is 15.0 Å². The highest BCUT2D eigenvalue weighted by molar-refractivity contribution is 6.39. The van der Waals surface area contributed by atoms with Gasteiger partial charge in [-0.1, -0.05) is 46.6 Å². The number of hydrogen-bond acceptors (Lipinski definition) is 6. The highest BCUT2D eigenvalue weighted by Crippen LogP contribution is 2.29. The van der Waals surface area contributed by atoms with E-state index in [1.807, 2.05) is 0 Å². The number of nitrogens with zero attached hydrogens (tertiary/aromatic N) is 3. The van der Waals surface area contributed by atoms with Gasteiger partial charge in [-0.05, 0) is 31.2 Å². The number of para-hydroxylation sites is 2. The molecular weight excluding hydrogens is 443 g/mol. The van der Waals surface area contributed by atoms with Crippen LogP contribution in [-0.4, -0.2) is 39.9 Å². The molecule has 2 aromatic carbocycles. The summed E-state index contributed by atoms with van der Waals surface area (Å²) in [6, 6.07) is 11.7. The van der Waals surface area contributed by atoms with Gasteiger partial charge in [0.1, 0.15) is 12.3 Å². The lowest BCUT2D eigenvalue weighted by atomic mass is 10.1. The lowest BCUT2D eigenvalue weighted by molar-refractivity contribution is -0.116. The zero-order valence-electron chi connectivity index (χ0n) is 16.9. The molecule has 0 saturated heterocycles. The predicted octanol–water partition coefficient (Wildman–Crippen LogP) is 4.36. The third kappa shape index (κ3) is 5.74. The number of anilines is 1. The van der Waals surface area contributed by atoms with Crippen LogP contribution in [0.15, 0.2) is 47.0 Å². The molecule has 162 valence electrons. The number of aromatic nitrogens is 2. The van der Waals surface area contributed by atoms with Crippen LogP contribution in [0, 0.1) is 6.92 Å². The predicted molar refractivity (Wildman–Crippen MR) is 116 cm³/mol. The lowest BCUT2D eigenvalue weighted by Gasteiger charge is -2.22. The second-order valence-electron chi connectivity index (χ2n) is 6.48. The molecule has 1 N–H and O–H groups in total. The highest BCUT2D eigenvalue weighted by Gasteiger charge is 2.22. The van der Waals surface area contributed by atoms with Crippen LogP contribution in [0.4, 0.5) is 5.69 Å². The summed E-state index contributed by atoms with van der Waals surface area (Å²) in [6.07, 6.45) is 0. The lowest BCUT2D eigenvalue weighted by Crippen LogP contribution is -2.38. The van der Waals surface area contributed by atoms with E-state index in [2.05, 4.69) is 15.5 Å². The van der Waals surface area contributed by atoms with Crippen LogP contribution in [0.3, 0.4) is 0 Å². The van der Waals surface area contributed by atoms with E-state index in [9.17, 15) is 9.59 Å². The van der Waals surface area contributed by atoms with Crippen molar-refractivity contribution in [1.29, 1.82) is 0 Å². The number of amides is 2. The van der Waals surface area contributed by atoms with E-state index in [1.54, 1.807) is 56.3 Å². The second-order valence-corrected chi connectivity index (χ2v) is 7.29. The maximum absolute atomic E-state index is 13.1. The summed E-state index contributed by atoms with van der Waals surface area (Å²) in [5, 5.41) is 7.05. The molecule has 3 rings (SSSR count). The van der Waals surface area contributed by atoms with Crippen LogP contribution in [-0.2, 0) is 11.4 Å². The first-order valence-electron chi connectivity index (χ1n) is 9.43. The Morgan fingerprint density at radius 1 is 1.13 bits per heavy atom. The van der Waals surface area contributed by atoms with Gasteiger partial charge in [0.25, 0.3) is 5.91 Å². The molecule has 1 heterocycles. The minimum Gasteiger partial charge on any atom is -0.485 e. The van der Waals surface area contributed by atoms with E-state index in [0.717, 1.165) is 0 Å². The Bertz CT molecular complexity index is 1070. The summed E-state index contributed by atoms with van der Waals surface area (Å²) >= 11 is 12.2. The monoisotopic (exact) mass is 462 g/mol. The van der Waals surface area contributed by atoms with Gasteiger partial charge in [-0.2, -0.15) is 4.98 Å². The maximum Gasteiger partial charge on any atom is 0.258 e. The number of carbonyl (C=O) groups excluding carboxylic acids is 2. The summed E-state index contributed by atoms with van der Waals surface area (Å²) in [7, 11) is 0. The number of hydrogen-bond donors (Lipinski definition) is 1. The van der Waals surface area contributed by atoms with Crippen LogP contribution in [0.1, 0.15) is 29.0 Å². The van der Waals surface area contributed by atoms with Gasteiger partial charge in [0.2, 0.25) is 17.6 Å². The van der Waals surface area contributed by atoms with Gasteiger partial charge in [-0.3, -0.25) is 9.59 Å². The first kappa shape index (κ1) is 22.6. The summed E-state index contributed by atoms with van der Waals surface area (Å²) in [4.78, 5) is 31.1. The summed E-state index contributed by atoms with van der Waals surface area (Å²) in [6.45, 7) is 3.61. The number of aryl methyl sites for hydroxylation is 1. The Morgan fingerprint density at radius 2 is 1.84 bits per heavy atom. The highest BCUT2D eigenvalue weighted by atomic mass is 35.5. The average Bonchev–Trinajstić information content (AvgIpc) is 3.18. The molecule has 0 spiro atoms. The van der Waals surface area contributed by atoms with Crippen LogP contribution in [0.2, 0.25) is 10.0 Å². The van der Waals surface area contributed by atoms with Gasteiger partial charge in [0.05, 0.1) is 21.3 Å². The Kier molecular flexibility index (Phi) is 7.49. The number of rotatable bonds is 8. The van der Waals surface area contributed by atoms with Crippen LogP contribution < -0.4 is 10.1 Å². The van der Waals surface area contributed by atoms with Gasteiger partial charge in [0, 0.05) is 13.5 Å². The second kappa shape index (κ2) is 10.3. The minimum absolute atomic E-state index is 0.0409. The van der Waals surface area contributed by atoms with Gasteiger partial charge in [0.15, 0.2) is 6.61 Å². The fourth-order valence-corrected chi connectivity index (χ4v) is 3.27. The number of ether oxygens (including phenoxy) is 1. The van der Waals surface area contributed by atoms with Gasteiger partial charge >= 0.3 is 0 Å². The molecule has 3 aromatic rings. The number of carbonyl (C=O) groups is 2. The van der Waals surface area contributed by atoms with E-state index in [4.69, 9.17) is 32.5 Å². The summed E-state index contributed by atoms with van der Waals surface area (Å²) in [5.74, 6) is 0.351. The largest absolute Gasteiger partial charge is 0.485 e. The number of benzene rings is 2. The van der Waals surface area contributed by atoms with Gasteiger partial charge < -0.3 is 19.5 Å². The molecule has 0 fully saturated rings. The van der Waals surface area contributed by atoms with E-state index < -0.39 is 5.91 Å². The minimum atomic E-state index is -0.425. The molecule has 0 atom stereocenters. The normalized spacial score (nSPS) is 10.6. The smallest absolute Gasteiger partial charge is 0.258 e. The van der Waals surface area contributed by atoms with E-state index >= 15 is 0 Å². The third-order valence-corrected chi connectivity index (χ3v) is 4.90. The molecule has 8 nitrogen and oxygen atoms in total. The fourth-order valence-electron chi connectivity index (χ4n) is 2.78. The van der Waals surface area contributed by atoms with Crippen molar-refractivity contribution in [2.75, 3.05) is 18.4 Å². The number of halogens is 2.